The van der Waals surface area contributed by atoms with Gasteiger partial charge in [-0.1, -0.05) is 29.5 Å². The molecule has 1 unspecified atom stereocenters. The third kappa shape index (κ3) is 4.29. The molecule has 150 valence electrons. The van der Waals surface area contributed by atoms with Crippen molar-refractivity contribution >= 4 is 23.1 Å². The normalized spacial score (nSPS) is 16.7. The SMILES string of the molecule is Cc1ccc(NC(=O)N2CCCC(c3nnc(-c4ccccc4F)s3)C2)cc1C. The number of hydrogen-bond acceptors (Lipinski definition) is 4. The third-order valence-corrected chi connectivity index (χ3v) is 6.48. The fourth-order valence-corrected chi connectivity index (χ4v) is 4.52. The molecule has 5 nitrogen and oxygen atoms in total. The number of hydrogen-bond donors (Lipinski definition) is 1. The minimum Gasteiger partial charge on any atom is -0.324 e. The monoisotopic (exact) mass is 410 g/mol. The van der Waals surface area contributed by atoms with Crippen LogP contribution in [-0.4, -0.2) is 34.2 Å². The number of halogens is 1. The van der Waals surface area contributed by atoms with Crippen LogP contribution < -0.4 is 5.32 Å². The molecule has 1 atom stereocenters. The molecule has 1 aliphatic heterocycles. The van der Waals surface area contributed by atoms with Gasteiger partial charge in [-0.25, -0.2) is 9.18 Å². The maximum atomic E-state index is 14.0. The van der Waals surface area contributed by atoms with Gasteiger partial charge in [0, 0.05) is 30.3 Å². The minimum atomic E-state index is -0.298. The van der Waals surface area contributed by atoms with Crippen LogP contribution in [0, 0.1) is 19.7 Å². The van der Waals surface area contributed by atoms with Crippen molar-refractivity contribution in [1.29, 1.82) is 0 Å². The number of anilines is 1. The lowest BCUT2D eigenvalue weighted by molar-refractivity contribution is 0.192. The number of aromatic nitrogens is 2. The van der Waals surface area contributed by atoms with E-state index in [1.807, 2.05) is 36.9 Å². The lowest BCUT2D eigenvalue weighted by atomic mass is 9.99. The number of aryl methyl sites for hydroxylation is 2. The molecule has 0 spiro atoms. The fourth-order valence-electron chi connectivity index (χ4n) is 3.53. The first-order valence-corrected chi connectivity index (χ1v) is 10.5. The number of nitrogens with one attached hydrogen (secondary N) is 1. The fraction of sp³-hybridized carbons (Fsp3) is 0.318. The predicted octanol–water partition coefficient (Wildman–Crippen LogP) is 5.37. The molecule has 1 aliphatic rings. The summed E-state index contributed by atoms with van der Waals surface area (Å²) in [5.41, 5.74) is 3.62. The minimum absolute atomic E-state index is 0.100. The molecule has 1 fully saturated rings. The van der Waals surface area contributed by atoms with Crippen LogP contribution in [0.15, 0.2) is 42.5 Å². The molecule has 2 aromatic carbocycles. The topological polar surface area (TPSA) is 58.1 Å². The van der Waals surface area contributed by atoms with Gasteiger partial charge in [0.1, 0.15) is 10.8 Å². The summed E-state index contributed by atoms with van der Waals surface area (Å²) in [5, 5.41) is 12.9. The van der Waals surface area contributed by atoms with Crippen molar-refractivity contribution in [3.63, 3.8) is 0 Å². The highest BCUT2D eigenvalue weighted by atomic mass is 32.1. The molecule has 29 heavy (non-hydrogen) atoms. The molecule has 1 aromatic heterocycles. The third-order valence-electron chi connectivity index (χ3n) is 5.36. The zero-order valence-corrected chi connectivity index (χ0v) is 17.3. The molecule has 7 heteroatoms. The number of nitrogens with zero attached hydrogens (tertiary/aromatic N) is 3. The number of piperidine rings is 1. The number of carbonyl (C=O) groups is 1. The summed E-state index contributed by atoms with van der Waals surface area (Å²) in [6, 6.07) is 12.4. The summed E-state index contributed by atoms with van der Waals surface area (Å²) in [4.78, 5) is 14.6. The zero-order valence-electron chi connectivity index (χ0n) is 16.5. The number of likely N-dealkylation sites (tertiary alicyclic amines) is 1. The molecular formula is C22H23FN4OS. The molecule has 4 rings (SSSR count). The van der Waals surface area contributed by atoms with Crippen molar-refractivity contribution in [2.45, 2.75) is 32.6 Å². The van der Waals surface area contributed by atoms with Gasteiger partial charge >= 0.3 is 6.03 Å². The van der Waals surface area contributed by atoms with Crippen LogP contribution in [0.3, 0.4) is 0 Å². The van der Waals surface area contributed by atoms with Crippen molar-refractivity contribution in [2.75, 3.05) is 18.4 Å². The van der Waals surface area contributed by atoms with Gasteiger partial charge in [-0.05, 0) is 62.1 Å². The van der Waals surface area contributed by atoms with Gasteiger partial charge in [-0.2, -0.15) is 0 Å². The summed E-state index contributed by atoms with van der Waals surface area (Å²) >= 11 is 1.41. The number of benzene rings is 2. The summed E-state index contributed by atoms with van der Waals surface area (Å²) in [5.74, 6) is -0.180. The standard InChI is InChI=1S/C22H23FN4OS/c1-14-9-10-17(12-15(14)2)24-22(28)27-11-5-6-16(13-27)20-25-26-21(29-20)18-7-3-4-8-19(18)23/h3-4,7-10,12,16H,5-6,11,13H2,1-2H3,(H,24,28). The Labute approximate surface area is 173 Å². The van der Waals surface area contributed by atoms with E-state index in [-0.39, 0.29) is 17.8 Å². The number of urea groups is 1. The van der Waals surface area contributed by atoms with E-state index in [2.05, 4.69) is 15.5 Å². The zero-order chi connectivity index (χ0) is 20.4. The molecule has 0 radical (unpaired) electrons. The maximum absolute atomic E-state index is 14.0. The van der Waals surface area contributed by atoms with Crippen molar-refractivity contribution in [2.24, 2.45) is 0 Å². The Bertz CT molecular complexity index is 1040. The Hall–Kier alpha value is -2.80. The number of carbonyl (C=O) groups excluding carboxylic acids is 1. The predicted molar refractivity (Wildman–Crippen MR) is 114 cm³/mol. The van der Waals surface area contributed by atoms with Crippen LogP contribution in [0.5, 0.6) is 0 Å². The van der Waals surface area contributed by atoms with Gasteiger partial charge in [-0.15, -0.1) is 10.2 Å². The molecule has 0 bridgehead atoms. The Kier molecular flexibility index (Phi) is 5.58. The molecule has 2 heterocycles. The van der Waals surface area contributed by atoms with Gasteiger partial charge in [0.25, 0.3) is 0 Å². The molecule has 0 saturated carbocycles. The molecule has 0 aliphatic carbocycles. The largest absolute Gasteiger partial charge is 0.324 e. The highest BCUT2D eigenvalue weighted by Gasteiger charge is 2.27. The Morgan fingerprint density at radius 1 is 1.17 bits per heavy atom. The molecule has 1 saturated heterocycles. The van der Waals surface area contributed by atoms with Gasteiger partial charge in [-0.3, -0.25) is 0 Å². The van der Waals surface area contributed by atoms with Gasteiger partial charge in [0.15, 0.2) is 5.01 Å². The van der Waals surface area contributed by atoms with E-state index in [1.54, 1.807) is 18.2 Å². The summed E-state index contributed by atoms with van der Waals surface area (Å²) < 4.78 is 14.0. The second-order valence-corrected chi connectivity index (χ2v) is 8.45. The molecule has 1 N–H and O–H groups in total. The first kappa shape index (κ1) is 19.5. The van der Waals surface area contributed by atoms with E-state index in [0.717, 1.165) is 29.1 Å². The van der Waals surface area contributed by atoms with E-state index in [0.29, 0.717) is 23.7 Å². The molecule has 3 aromatic rings. The van der Waals surface area contributed by atoms with Crippen LogP contribution in [-0.2, 0) is 0 Å². The van der Waals surface area contributed by atoms with Crippen LogP contribution in [0.1, 0.15) is 34.9 Å². The molecule has 2 amide bonds. The summed E-state index contributed by atoms with van der Waals surface area (Å²) in [7, 11) is 0. The lowest BCUT2D eigenvalue weighted by Crippen LogP contribution is -2.41. The highest BCUT2D eigenvalue weighted by molar-refractivity contribution is 7.14. The summed E-state index contributed by atoms with van der Waals surface area (Å²) in [6.45, 7) is 5.38. The van der Waals surface area contributed by atoms with Gasteiger partial charge < -0.3 is 10.2 Å². The van der Waals surface area contributed by atoms with E-state index < -0.39 is 0 Å². The highest BCUT2D eigenvalue weighted by Crippen LogP contribution is 2.33. The second-order valence-electron chi connectivity index (χ2n) is 7.44. The van der Waals surface area contributed by atoms with Crippen LogP contribution in [0.2, 0.25) is 0 Å². The van der Waals surface area contributed by atoms with E-state index in [4.69, 9.17) is 0 Å². The second kappa shape index (κ2) is 8.29. The maximum Gasteiger partial charge on any atom is 0.321 e. The average Bonchev–Trinajstić information content (AvgIpc) is 3.21. The Morgan fingerprint density at radius 3 is 2.79 bits per heavy atom. The smallest absolute Gasteiger partial charge is 0.321 e. The Balaban J connectivity index is 1.45. The number of rotatable bonds is 3. The van der Waals surface area contributed by atoms with Crippen molar-refractivity contribution in [3.8, 4) is 10.6 Å². The van der Waals surface area contributed by atoms with Crippen LogP contribution >= 0.6 is 11.3 Å². The van der Waals surface area contributed by atoms with Crippen molar-refractivity contribution in [1.82, 2.24) is 15.1 Å². The van der Waals surface area contributed by atoms with Crippen LogP contribution in [0.4, 0.5) is 14.9 Å². The van der Waals surface area contributed by atoms with Gasteiger partial charge in [0.2, 0.25) is 0 Å². The quantitative estimate of drug-likeness (QED) is 0.631. The van der Waals surface area contributed by atoms with Gasteiger partial charge in [0.05, 0.1) is 0 Å². The lowest BCUT2D eigenvalue weighted by Gasteiger charge is -2.31. The first-order chi connectivity index (χ1) is 14.0. The van der Waals surface area contributed by atoms with E-state index in [9.17, 15) is 9.18 Å². The van der Waals surface area contributed by atoms with Crippen molar-refractivity contribution in [3.05, 3.63) is 64.4 Å². The van der Waals surface area contributed by atoms with Crippen molar-refractivity contribution < 1.29 is 9.18 Å². The molecular weight excluding hydrogens is 387 g/mol. The van der Waals surface area contributed by atoms with E-state index in [1.165, 1.54) is 23.0 Å². The average molecular weight is 411 g/mol. The summed E-state index contributed by atoms with van der Waals surface area (Å²) in [6.07, 6.45) is 1.85. The number of amides is 2. The Morgan fingerprint density at radius 2 is 2.00 bits per heavy atom. The van der Waals surface area contributed by atoms with Crippen LogP contribution in [0.25, 0.3) is 10.6 Å². The first-order valence-electron chi connectivity index (χ1n) is 9.73. The van der Waals surface area contributed by atoms with E-state index >= 15 is 0 Å².